The number of hydrogen-bond acceptors (Lipinski definition) is 3. The highest BCUT2D eigenvalue weighted by atomic mass is 35.5. The molecule has 2 aromatic rings. The fourth-order valence-corrected chi connectivity index (χ4v) is 2.41. The van der Waals surface area contributed by atoms with Crippen LogP contribution in [-0.4, -0.2) is 18.5 Å². The van der Waals surface area contributed by atoms with E-state index >= 15 is 0 Å². The summed E-state index contributed by atoms with van der Waals surface area (Å²) >= 11 is 0. The molecule has 2 aromatic carbocycles. The highest BCUT2D eigenvalue weighted by Crippen LogP contribution is 2.15. The number of hydrogen-bond donors (Lipinski definition) is 3. The van der Waals surface area contributed by atoms with Crippen LogP contribution in [0.4, 0.5) is 11.4 Å². The quantitative estimate of drug-likeness (QED) is 0.663. The molecule has 0 fully saturated rings. The lowest BCUT2D eigenvalue weighted by Gasteiger charge is -2.17. The lowest BCUT2D eigenvalue weighted by molar-refractivity contribution is -0.118. The molecular formula is C20H28ClN3O. The Morgan fingerprint density at radius 3 is 2.24 bits per heavy atom. The van der Waals surface area contributed by atoms with Crippen LogP contribution >= 0.6 is 12.4 Å². The van der Waals surface area contributed by atoms with Crippen molar-refractivity contribution in [2.24, 2.45) is 11.7 Å². The average Bonchev–Trinajstić information content (AvgIpc) is 2.62. The number of benzene rings is 2. The van der Waals surface area contributed by atoms with Crippen LogP contribution in [0.3, 0.4) is 0 Å². The highest BCUT2D eigenvalue weighted by molar-refractivity contribution is 5.95. The first kappa shape index (κ1) is 21.0. The van der Waals surface area contributed by atoms with Crippen LogP contribution in [0.1, 0.15) is 25.8 Å². The Bertz CT molecular complexity index is 631. The number of carbonyl (C=O) groups excluding carboxylic acids is 1. The molecule has 25 heavy (non-hydrogen) atoms. The van der Waals surface area contributed by atoms with Gasteiger partial charge in [0.1, 0.15) is 0 Å². The second kappa shape index (κ2) is 10.7. The first-order valence-electron chi connectivity index (χ1n) is 8.54. The SMILES string of the molecule is CCC(C)C(N)C(=O)Nc1ccc(NCCc2ccccc2)cc1.Cl. The van der Waals surface area contributed by atoms with Gasteiger partial charge in [0, 0.05) is 17.9 Å². The smallest absolute Gasteiger partial charge is 0.241 e. The van der Waals surface area contributed by atoms with Gasteiger partial charge in [-0.1, -0.05) is 50.6 Å². The molecule has 5 heteroatoms. The number of rotatable bonds is 8. The predicted molar refractivity (Wildman–Crippen MR) is 108 cm³/mol. The molecule has 0 bridgehead atoms. The first-order valence-corrected chi connectivity index (χ1v) is 8.54. The predicted octanol–water partition coefficient (Wildman–Crippen LogP) is 4.07. The molecule has 0 saturated heterocycles. The van der Waals surface area contributed by atoms with Crippen molar-refractivity contribution < 1.29 is 4.79 Å². The molecule has 0 heterocycles. The van der Waals surface area contributed by atoms with Crippen molar-refractivity contribution in [1.29, 1.82) is 0 Å². The Morgan fingerprint density at radius 2 is 1.64 bits per heavy atom. The fourth-order valence-electron chi connectivity index (χ4n) is 2.41. The molecule has 0 aliphatic rings. The van der Waals surface area contributed by atoms with Crippen LogP contribution in [-0.2, 0) is 11.2 Å². The topological polar surface area (TPSA) is 67.2 Å². The zero-order valence-corrected chi connectivity index (χ0v) is 15.7. The minimum Gasteiger partial charge on any atom is -0.385 e. The van der Waals surface area contributed by atoms with Gasteiger partial charge in [-0.05, 0) is 42.2 Å². The van der Waals surface area contributed by atoms with Gasteiger partial charge in [0.05, 0.1) is 6.04 Å². The summed E-state index contributed by atoms with van der Waals surface area (Å²) in [6.07, 6.45) is 1.86. The number of halogens is 1. The van der Waals surface area contributed by atoms with Gasteiger partial charge in [0.2, 0.25) is 5.91 Å². The van der Waals surface area contributed by atoms with Crippen molar-refractivity contribution >= 4 is 29.7 Å². The van der Waals surface area contributed by atoms with E-state index in [0.29, 0.717) is 0 Å². The molecule has 2 rings (SSSR count). The summed E-state index contributed by atoms with van der Waals surface area (Å²) in [5, 5.41) is 6.26. The van der Waals surface area contributed by atoms with E-state index in [9.17, 15) is 4.79 Å². The van der Waals surface area contributed by atoms with Gasteiger partial charge in [-0.3, -0.25) is 4.79 Å². The van der Waals surface area contributed by atoms with Crippen molar-refractivity contribution in [2.45, 2.75) is 32.7 Å². The Balaban J connectivity index is 0.00000312. The average molecular weight is 362 g/mol. The third kappa shape index (κ3) is 6.77. The van der Waals surface area contributed by atoms with Gasteiger partial charge in [-0.15, -0.1) is 12.4 Å². The van der Waals surface area contributed by atoms with Crippen molar-refractivity contribution in [3.05, 3.63) is 60.2 Å². The van der Waals surface area contributed by atoms with Crippen molar-refractivity contribution in [2.75, 3.05) is 17.2 Å². The van der Waals surface area contributed by atoms with Gasteiger partial charge < -0.3 is 16.4 Å². The van der Waals surface area contributed by atoms with E-state index in [2.05, 4.69) is 34.9 Å². The van der Waals surface area contributed by atoms with E-state index in [1.54, 1.807) is 0 Å². The van der Waals surface area contributed by atoms with Gasteiger partial charge in [0.25, 0.3) is 0 Å². The molecule has 0 aliphatic carbocycles. The summed E-state index contributed by atoms with van der Waals surface area (Å²) in [5.41, 5.74) is 9.07. The normalized spacial score (nSPS) is 12.6. The van der Waals surface area contributed by atoms with E-state index in [1.807, 2.05) is 44.2 Å². The summed E-state index contributed by atoms with van der Waals surface area (Å²) in [6.45, 7) is 4.90. The lowest BCUT2D eigenvalue weighted by Crippen LogP contribution is -2.40. The van der Waals surface area contributed by atoms with Crippen LogP contribution in [0.15, 0.2) is 54.6 Å². The zero-order valence-electron chi connectivity index (χ0n) is 14.9. The number of carbonyl (C=O) groups is 1. The van der Waals surface area contributed by atoms with E-state index in [-0.39, 0.29) is 24.2 Å². The highest BCUT2D eigenvalue weighted by Gasteiger charge is 2.19. The molecule has 0 radical (unpaired) electrons. The van der Waals surface area contributed by atoms with E-state index in [4.69, 9.17) is 5.73 Å². The molecule has 2 unspecified atom stereocenters. The molecule has 1 amide bonds. The monoisotopic (exact) mass is 361 g/mol. The first-order chi connectivity index (χ1) is 11.6. The van der Waals surface area contributed by atoms with Gasteiger partial charge in [-0.25, -0.2) is 0 Å². The Hall–Kier alpha value is -2.04. The second-order valence-corrected chi connectivity index (χ2v) is 6.14. The molecular weight excluding hydrogens is 334 g/mol. The molecule has 0 aliphatic heterocycles. The fraction of sp³-hybridized carbons (Fsp3) is 0.350. The number of amides is 1. The van der Waals surface area contributed by atoms with Crippen LogP contribution in [0.2, 0.25) is 0 Å². The summed E-state index contributed by atoms with van der Waals surface area (Å²) in [6, 6.07) is 17.6. The minimum absolute atomic E-state index is 0. The van der Waals surface area contributed by atoms with Gasteiger partial charge >= 0.3 is 0 Å². The Labute approximate surface area is 156 Å². The van der Waals surface area contributed by atoms with E-state index < -0.39 is 6.04 Å². The molecule has 0 aromatic heterocycles. The maximum atomic E-state index is 12.1. The standard InChI is InChI=1S/C20H27N3O.ClH/c1-3-15(2)19(21)20(24)23-18-11-9-17(10-12-18)22-14-13-16-7-5-4-6-8-16;/h4-12,15,19,22H,3,13-14,21H2,1-2H3,(H,23,24);1H. The van der Waals surface area contributed by atoms with Crippen LogP contribution < -0.4 is 16.4 Å². The number of anilines is 2. The number of nitrogens with two attached hydrogens (primary N) is 1. The summed E-state index contributed by atoms with van der Waals surface area (Å²) in [7, 11) is 0. The minimum atomic E-state index is -0.473. The maximum absolute atomic E-state index is 12.1. The van der Waals surface area contributed by atoms with Gasteiger partial charge in [0.15, 0.2) is 0 Å². The van der Waals surface area contributed by atoms with Gasteiger partial charge in [-0.2, -0.15) is 0 Å². The molecule has 136 valence electrons. The lowest BCUT2D eigenvalue weighted by atomic mass is 9.99. The molecule has 2 atom stereocenters. The maximum Gasteiger partial charge on any atom is 0.241 e. The van der Waals surface area contributed by atoms with Crippen LogP contribution in [0, 0.1) is 5.92 Å². The summed E-state index contributed by atoms with van der Waals surface area (Å²) in [5.74, 6) is 0.0399. The molecule has 4 N–H and O–H groups in total. The molecule has 0 spiro atoms. The Kier molecular flexibility index (Phi) is 9.03. The van der Waals surface area contributed by atoms with Crippen LogP contribution in [0.5, 0.6) is 0 Å². The van der Waals surface area contributed by atoms with Crippen molar-refractivity contribution in [3.8, 4) is 0 Å². The van der Waals surface area contributed by atoms with Crippen molar-refractivity contribution in [1.82, 2.24) is 0 Å². The van der Waals surface area contributed by atoms with Crippen LogP contribution in [0.25, 0.3) is 0 Å². The number of nitrogens with one attached hydrogen (secondary N) is 2. The van der Waals surface area contributed by atoms with E-state index in [0.717, 1.165) is 30.8 Å². The largest absolute Gasteiger partial charge is 0.385 e. The zero-order chi connectivity index (χ0) is 17.4. The summed E-state index contributed by atoms with van der Waals surface area (Å²) < 4.78 is 0. The molecule has 4 nitrogen and oxygen atoms in total. The van der Waals surface area contributed by atoms with E-state index in [1.165, 1.54) is 5.56 Å². The molecule has 0 saturated carbocycles. The summed E-state index contributed by atoms with van der Waals surface area (Å²) in [4.78, 5) is 12.1. The second-order valence-electron chi connectivity index (χ2n) is 6.14. The Morgan fingerprint density at radius 1 is 1.04 bits per heavy atom. The van der Waals surface area contributed by atoms with Crippen molar-refractivity contribution in [3.63, 3.8) is 0 Å². The third-order valence-electron chi connectivity index (χ3n) is 4.30. The third-order valence-corrected chi connectivity index (χ3v) is 4.30.